The Hall–Kier alpha value is -4.13. The fourth-order valence-corrected chi connectivity index (χ4v) is 6.36. The van der Waals surface area contributed by atoms with Crippen molar-refractivity contribution in [3.63, 3.8) is 0 Å². The van der Waals surface area contributed by atoms with E-state index in [0.717, 1.165) is 0 Å². The largest absolute Gasteiger partial charge is 0.508 e. The lowest BCUT2D eigenvalue weighted by Crippen LogP contribution is -2.70. The van der Waals surface area contributed by atoms with Crippen LogP contribution in [0, 0.1) is 11.8 Å². The standard InChI is InChI=1S/C26H26N4O8/c1-9-13-10(11-8-28-6-7-29-11)4-5-12(31)15(13)20(32)16-14(9)21(33)18-19(30(2)3)22(34)17(25(27)37)24(36)26(18,38)23(16)35/h4-9,14,18-19,21,31-33,36,38H,1-3H3,(H2,27,37). The fraction of sp³-hybridized carbons (Fsp3) is 0.346. The van der Waals surface area contributed by atoms with Crippen LogP contribution < -0.4 is 5.73 Å². The molecule has 38 heavy (non-hydrogen) atoms. The highest BCUT2D eigenvalue weighted by molar-refractivity contribution is 6.24. The predicted octanol–water partition coefficient (Wildman–Crippen LogP) is -0.0472. The molecule has 0 saturated heterocycles. The Morgan fingerprint density at radius 2 is 1.82 bits per heavy atom. The maximum atomic E-state index is 14.0. The second-order valence-electron chi connectivity index (χ2n) is 10.1. The van der Waals surface area contributed by atoms with Crippen LogP contribution in [0.4, 0.5) is 0 Å². The minimum Gasteiger partial charge on any atom is -0.508 e. The molecule has 5 rings (SSSR count). The first-order valence-corrected chi connectivity index (χ1v) is 11.8. The van der Waals surface area contributed by atoms with Gasteiger partial charge in [0.05, 0.1) is 35.5 Å². The van der Waals surface area contributed by atoms with Crippen molar-refractivity contribution in [3.05, 3.63) is 58.8 Å². The summed E-state index contributed by atoms with van der Waals surface area (Å²) in [5, 5.41) is 56.5. The van der Waals surface area contributed by atoms with Crippen LogP contribution in [0.1, 0.15) is 24.0 Å². The van der Waals surface area contributed by atoms with E-state index in [1.165, 1.54) is 43.7 Å². The molecule has 1 heterocycles. The number of ketones is 2. The van der Waals surface area contributed by atoms with Gasteiger partial charge >= 0.3 is 0 Å². The molecule has 6 atom stereocenters. The quantitative estimate of drug-likeness (QED) is 0.295. The van der Waals surface area contributed by atoms with E-state index in [1.54, 1.807) is 13.0 Å². The van der Waals surface area contributed by atoms with Crippen LogP contribution in [-0.2, 0) is 14.4 Å². The van der Waals surface area contributed by atoms with Gasteiger partial charge in [-0.1, -0.05) is 6.92 Å². The van der Waals surface area contributed by atoms with Crippen molar-refractivity contribution >= 4 is 23.2 Å². The Morgan fingerprint density at radius 1 is 1.13 bits per heavy atom. The first-order chi connectivity index (χ1) is 17.8. The van der Waals surface area contributed by atoms with Crippen LogP contribution in [0.2, 0.25) is 0 Å². The monoisotopic (exact) mass is 522 g/mol. The zero-order chi connectivity index (χ0) is 27.8. The number of amides is 1. The van der Waals surface area contributed by atoms with Gasteiger partial charge in [-0.3, -0.25) is 29.3 Å². The number of hydrogen-bond acceptors (Lipinski definition) is 11. The number of Topliss-reactive ketones (excluding diaryl/α,β-unsaturated/α-hetero) is 2. The van der Waals surface area contributed by atoms with Crippen molar-refractivity contribution in [2.45, 2.75) is 30.6 Å². The molecule has 0 radical (unpaired) electrons. The number of nitrogens with two attached hydrogens (primary N) is 1. The lowest BCUT2D eigenvalue weighted by Gasteiger charge is -2.53. The summed E-state index contributed by atoms with van der Waals surface area (Å²) in [7, 11) is 2.90. The number of carbonyl (C=O) groups is 3. The number of likely N-dealkylation sites (N-methyl/N-ethyl adjacent to an activating group) is 1. The van der Waals surface area contributed by atoms with E-state index >= 15 is 0 Å². The van der Waals surface area contributed by atoms with Crippen molar-refractivity contribution in [2.75, 3.05) is 14.1 Å². The number of fused-ring (bicyclic) bond motifs is 3. The lowest BCUT2D eigenvalue weighted by atomic mass is 9.54. The minimum atomic E-state index is -2.96. The van der Waals surface area contributed by atoms with E-state index in [0.29, 0.717) is 16.8 Å². The average Bonchev–Trinajstić information content (AvgIpc) is 2.86. The molecule has 0 aliphatic heterocycles. The number of aromatic hydroxyl groups is 1. The van der Waals surface area contributed by atoms with Crippen molar-refractivity contribution in [1.82, 2.24) is 14.9 Å². The molecular weight excluding hydrogens is 496 g/mol. The molecule has 3 aliphatic carbocycles. The highest BCUT2D eigenvalue weighted by Gasteiger charge is 2.68. The van der Waals surface area contributed by atoms with E-state index in [-0.39, 0.29) is 11.3 Å². The van der Waals surface area contributed by atoms with Crippen molar-refractivity contribution in [1.29, 1.82) is 0 Å². The summed E-state index contributed by atoms with van der Waals surface area (Å²) in [6.45, 7) is 1.66. The molecule has 198 valence electrons. The van der Waals surface area contributed by atoms with Gasteiger partial charge in [-0.2, -0.15) is 0 Å². The number of aromatic nitrogens is 2. The normalized spacial score (nSPS) is 30.7. The molecule has 2 aromatic rings. The maximum absolute atomic E-state index is 14.0. The third kappa shape index (κ3) is 3.11. The zero-order valence-corrected chi connectivity index (χ0v) is 20.7. The maximum Gasteiger partial charge on any atom is 0.255 e. The molecule has 7 N–H and O–H groups in total. The molecule has 12 heteroatoms. The van der Waals surface area contributed by atoms with Crippen LogP contribution in [0.5, 0.6) is 5.75 Å². The number of primary amides is 1. The summed E-state index contributed by atoms with van der Waals surface area (Å²) in [5.41, 5.74) is 2.10. The molecule has 3 aliphatic rings. The highest BCUT2D eigenvalue weighted by Crippen LogP contribution is 2.57. The van der Waals surface area contributed by atoms with Crippen molar-refractivity contribution < 1.29 is 39.9 Å². The van der Waals surface area contributed by atoms with Crippen LogP contribution in [0.25, 0.3) is 17.0 Å². The Bertz CT molecular complexity index is 1470. The summed E-state index contributed by atoms with van der Waals surface area (Å²) in [6.07, 6.45) is 2.74. The first-order valence-electron chi connectivity index (χ1n) is 11.8. The number of benzene rings is 1. The number of phenolic OH excluding ortho intramolecular Hbond substituents is 1. The van der Waals surface area contributed by atoms with Crippen LogP contribution in [0.15, 0.2) is 47.6 Å². The molecule has 1 aromatic carbocycles. The minimum absolute atomic E-state index is 0.107. The lowest BCUT2D eigenvalue weighted by molar-refractivity contribution is -0.169. The van der Waals surface area contributed by atoms with Crippen molar-refractivity contribution in [2.24, 2.45) is 17.6 Å². The number of phenols is 1. The van der Waals surface area contributed by atoms with E-state index in [9.17, 15) is 39.9 Å². The molecular formula is C26H26N4O8. The van der Waals surface area contributed by atoms with Gasteiger partial charge in [0.2, 0.25) is 5.78 Å². The van der Waals surface area contributed by atoms with E-state index < -0.39 is 75.6 Å². The van der Waals surface area contributed by atoms with Gasteiger partial charge < -0.3 is 31.3 Å². The number of nitrogens with zero attached hydrogens (tertiary/aromatic N) is 3. The molecule has 12 nitrogen and oxygen atoms in total. The first kappa shape index (κ1) is 25.5. The topological polar surface area (TPSA) is 207 Å². The molecule has 0 bridgehead atoms. The Balaban J connectivity index is 1.83. The predicted molar refractivity (Wildman–Crippen MR) is 131 cm³/mol. The van der Waals surface area contributed by atoms with Gasteiger partial charge in [-0.05, 0) is 37.7 Å². The van der Waals surface area contributed by atoms with Gasteiger partial charge in [0, 0.05) is 29.4 Å². The molecule has 1 amide bonds. The summed E-state index contributed by atoms with van der Waals surface area (Å²) in [5.74, 6) is -9.45. The van der Waals surface area contributed by atoms with Crippen LogP contribution in [0.3, 0.4) is 0 Å². The zero-order valence-electron chi connectivity index (χ0n) is 20.7. The van der Waals surface area contributed by atoms with E-state index in [1.807, 2.05) is 0 Å². The second kappa shape index (κ2) is 8.45. The van der Waals surface area contributed by atoms with Gasteiger partial charge in [0.15, 0.2) is 11.4 Å². The molecule has 0 spiro atoms. The Labute approximate surface area is 216 Å². The fourth-order valence-electron chi connectivity index (χ4n) is 6.36. The van der Waals surface area contributed by atoms with E-state index in [4.69, 9.17) is 5.73 Å². The Kier molecular flexibility index (Phi) is 5.67. The number of aliphatic hydroxyl groups is 4. The SMILES string of the molecule is CC1c2c(-c3cnccn3)ccc(O)c2C(O)=C2C(=O)C3(O)C(O)=C(C(N)=O)C(=O)C(N(C)C)C3C(O)C21. The Morgan fingerprint density at radius 3 is 2.39 bits per heavy atom. The number of rotatable bonds is 3. The second-order valence-corrected chi connectivity index (χ2v) is 10.1. The third-order valence-electron chi connectivity index (χ3n) is 7.95. The summed E-state index contributed by atoms with van der Waals surface area (Å²) in [4.78, 5) is 49.0. The van der Waals surface area contributed by atoms with Gasteiger partial charge in [0.1, 0.15) is 22.8 Å². The summed E-state index contributed by atoms with van der Waals surface area (Å²) < 4.78 is 0. The van der Waals surface area contributed by atoms with Gasteiger partial charge in [-0.15, -0.1) is 0 Å². The summed E-state index contributed by atoms with van der Waals surface area (Å²) >= 11 is 0. The third-order valence-corrected chi connectivity index (χ3v) is 7.95. The van der Waals surface area contributed by atoms with Crippen molar-refractivity contribution in [3.8, 4) is 17.0 Å². The van der Waals surface area contributed by atoms with Gasteiger partial charge in [0.25, 0.3) is 5.91 Å². The van der Waals surface area contributed by atoms with Gasteiger partial charge in [-0.25, -0.2) is 0 Å². The number of hydrogen-bond donors (Lipinski definition) is 6. The van der Waals surface area contributed by atoms with E-state index in [2.05, 4.69) is 9.97 Å². The van der Waals surface area contributed by atoms with Crippen LogP contribution in [-0.4, -0.2) is 89.7 Å². The smallest absolute Gasteiger partial charge is 0.255 e. The molecule has 1 fully saturated rings. The molecule has 1 saturated carbocycles. The number of carbonyl (C=O) groups excluding carboxylic acids is 3. The average molecular weight is 523 g/mol. The number of aliphatic hydroxyl groups excluding tert-OH is 3. The molecule has 6 unspecified atom stereocenters. The molecule has 1 aromatic heterocycles. The highest BCUT2D eigenvalue weighted by atomic mass is 16.4. The van der Waals surface area contributed by atoms with Crippen LogP contribution >= 0.6 is 0 Å². The summed E-state index contributed by atoms with van der Waals surface area (Å²) in [6, 6.07) is 1.46.